The average molecular weight is 556 g/mol. The molecule has 206 valence electrons. The fourth-order valence-corrected chi connectivity index (χ4v) is 5.00. The molecular formula is C32H24F3N3O3. The Labute approximate surface area is 233 Å². The maximum Gasteiger partial charge on any atom is 0.417 e. The van der Waals surface area contributed by atoms with Gasteiger partial charge in [0.25, 0.3) is 0 Å². The molecule has 0 saturated heterocycles. The van der Waals surface area contributed by atoms with Crippen LogP contribution >= 0.6 is 0 Å². The molecule has 6 nitrogen and oxygen atoms in total. The fourth-order valence-electron chi connectivity index (χ4n) is 5.00. The number of hydrogen-bond acceptors (Lipinski definition) is 5. The van der Waals surface area contributed by atoms with E-state index in [2.05, 4.69) is 15.5 Å². The number of aromatic nitrogens is 2. The van der Waals surface area contributed by atoms with Crippen molar-refractivity contribution in [3.05, 3.63) is 108 Å². The Bertz CT molecular complexity index is 1740. The number of carbonyl (C=O) groups is 1. The molecule has 0 spiro atoms. The highest BCUT2D eigenvalue weighted by Crippen LogP contribution is 2.48. The molecule has 3 aromatic carbocycles. The van der Waals surface area contributed by atoms with Gasteiger partial charge in [-0.3, -0.25) is 4.79 Å². The summed E-state index contributed by atoms with van der Waals surface area (Å²) in [4.78, 5) is 16.1. The summed E-state index contributed by atoms with van der Waals surface area (Å²) in [6.45, 7) is 1.76. The second kappa shape index (κ2) is 9.92. The van der Waals surface area contributed by atoms with Crippen molar-refractivity contribution in [2.75, 3.05) is 5.32 Å². The first-order valence-electron chi connectivity index (χ1n) is 13.0. The summed E-state index contributed by atoms with van der Waals surface area (Å²) in [6.07, 6.45) is -3.19. The minimum absolute atomic E-state index is 0.00945. The van der Waals surface area contributed by atoms with Gasteiger partial charge in [-0.05, 0) is 54.7 Å². The van der Waals surface area contributed by atoms with Gasteiger partial charge in [-0.1, -0.05) is 78.0 Å². The quantitative estimate of drug-likeness (QED) is 0.210. The minimum Gasteiger partial charge on any atom is -0.481 e. The van der Waals surface area contributed by atoms with Crippen LogP contribution in [-0.4, -0.2) is 21.2 Å². The summed E-state index contributed by atoms with van der Waals surface area (Å²) < 4.78 is 46.4. The number of aryl methyl sites for hydroxylation is 1. The molecule has 1 saturated carbocycles. The molecule has 1 aliphatic carbocycles. The maximum absolute atomic E-state index is 13.6. The van der Waals surface area contributed by atoms with E-state index in [0.29, 0.717) is 35.8 Å². The third-order valence-corrected chi connectivity index (χ3v) is 7.45. The highest BCUT2D eigenvalue weighted by molar-refractivity contribution is 5.85. The summed E-state index contributed by atoms with van der Waals surface area (Å²) in [5.41, 5.74) is 3.26. The number of nitrogens with one attached hydrogen (secondary N) is 1. The minimum atomic E-state index is -4.51. The Hall–Kier alpha value is -4.92. The number of carboxylic acids is 1. The van der Waals surface area contributed by atoms with Gasteiger partial charge in [-0.15, -0.1) is 0 Å². The monoisotopic (exact) mass is 555 g/mol. The normalized spacial score (nSPS) is 14.0. The maximum atomic E-state index is 13.6. The Balaban J connectivity index is 1.25. The third-order valence-electron chi connectivity index (χ3n) is 7.45. The molecule has 5 aromatic rings. The summed E-state index contributed by atoms with van der Waals surface area (Å²) in [7, 11) is 0. The number of rotatable bonds is 7. The van der Waals surface area contributed by atoms with Crippen molar-refractivity contribution in [3.8, 4) is 33.7 Å². The smallest absolute Gasteiger partial charge is 0.417 e. The predicted octanol–water partition coefficient (Wildman–Crippen LogP) is 8.26. The van der Waals surface area contributed by atoms with Crippen molar-refractivity contribution < 1.29 is 27.6 Å². The van der Waals surface area contributed by atoms with Crippen LogP contribution < -0.4 is 5.32 Å². The Morgan fingerprint density at radius 1 is 0.878 bits per heavy atom. The summed E-state index contributed by atoms with van der Waals surface area (Å²) >= 11 is 0. The van der Waals surface area contributed by atoms with Gasteiger partial charge in [-0.25, -0.2) is 4.98 Å². The molecule has 2 N–H and O–H groups in total. The number of nitrogens with zero attached hydrogens (tertiary/aromatic N) is 2. The highest BCUT2D eigenvalue weighted by atomic mass is 19.4. The third kappa shape index (κ3) is 4.95. The standard InChI is InChI=1S/C32H24F3N3O3/c1-19-28(37-27-8-4-7-26(36-27)24-5-2-3-6-25(24)32(33,34)35)29(41-38-19)22-11-9-20(10-12-22)21-13-15-23(16-14-21)31(17-18-31)30(39)40/h2-16H,17-18H2,1H3,(H,36,37)(H,39,40). The average Bonchev–Trinajstić information content (AvgIpc) is 3.72. The van der Waals surface area contributed by atoms with Crippen LogP contribution in [0.4, 0.5) is 24.7 Å². The van der Waals surface area contributed by atoms with E-state index in [1.54, 1.807) is 25.1 Å². The number of carboxylic acid groups (broad SMARTS) is 1. The highest BCUT2D eigenvalue weighted by Gasteiger charge is 2.51. The number of pyridine rings is 1. The molecule has 2 heterocycles. The lowest BCUT2D eigenvalue weighted by Crippen LogP contribution is -2.19. The van der Waals surface area contributed by atoms with E-state index in [9.17, 15) is 23.1 Å². The SMILES string of the molecule is Cc1noc(-c2ccc(-c3ccc(C4(C(=O)O)CC4)cc3)cc2)c1Nc1cccc(-c2ccccc2C(F)(F)F)n1. The van der Waals surface area contributed by atoms with Crippen LogP contribution in [0.3, 0.4) is 0 Å². The van der Waals surface area contributed by atoms with Crippen LogP contribution in [0.25, 0.3) is 33.7 Å². The van der Waals surface area contributed by atoms with E-state index in [4.69, 9.17) is 4.52 Å². The summed E-state index contributed by atoms with van der Waals surface area (Å²) in [5, 5.41) is 16.8. The topological polar surface area (TPSA) is 88.2 Å². The molecule has 6 rings (SSSR count). The van der Waals surface area contributed by atoms with Crippen LogP contribution in [0.2, 0.25) is 0 Å². The first kappa shape index (κ1) is 26.3. The van der Waals surface area contributed by atoms with Crippen LogP contribution in [0.5, 0.6) is 0 Å². The Kier molecular flexibility index (Phi) is 6.37. The Morgan fingerprint density at radius 2 is 1.51 bits per heavy atom. The van der Waals surface area contributed by atoms with Crippen molar-refractivity contribution >= 4 is 17.5 Å². The first-order chi connectivity index (χ1) is 19.7. The molecule has 0 unspecified atom stereocenters. The van der Waals surface area contributed by atoms with Gasteiger partial charge < -0.3 is 14.9 Å². The lowest BCUT2D eigenvalue weighted by Gasteiger charge is -2.13. The van der Waals surface area contributed by atoms with E-state index in [0.717, 1.165) is 28.3 Å². The van der Waals surface area contributed by atoms with Gasteiger partial charge in [-0.2, -0.15) is 13.2 Å². The van der Waals surface area contributed by atoms with Gasteiger partial charge >= 0.3 is 12.1 Å². The van der Waals surface area contributed by atoms with Gasteiger partial charge in [0, 0.05) is 11.1 Å². The number of hydrogen-bond donors (Lipinski definition) is 2. The van der Waals surface area contributed by atoms with Crippen LogP contribution in [-0.2, 0) is 16.4 Å². The fraction of sp³-hybridized carbons (Fsp3) is 0.156. The molecule has 0 bridgehead atoms. The zero-order chi connectivity index (χ0) is 28.8. The van der Waals surface area contributed by atoms with Crippen molar-refractivity contribution in [1.82, 2.24) is 10.1 Å². The molecule has 41 heavy (non-hydrogen) atoms. The van der Waals surface area contributed by atoms with Crippen molar-refractivity contribution in [3.63, 3.8) is 0 Å². The van der Waals surface area contributed by atoms with Crippen LogP contribution in [0, 0.1) is 6.92 Å². The molecule has 1 fully saturated rings. The number of alkyl halides is 3. The van der Waals surface area contributed by atoms with Crippen molar-refractivity contribution in [1.29, 1.82) is 0 Å². The molecule has 0 aliphatic heterocycles. The number of benzene rings is 3. The molecule has 1 aliphatic rings. The largest absolute Gasteiger partial charge is 0.481 e. The van der Waals surface area contributed by atoms with Gasteiger partial charge in [0.05, 0.1) is 16.7 Å². The van der Waals surface area contributed by atoms with Gasteiger partial charge in [0.2, 0.25) is 0 Å². The van der Waals surface area contributed by atoms with E-state index >= 15 is 0 Å². The van der Waals surface area contributed by atoms with E-state index in [-0.39, 0.29) is 11.3 Å². The lowest BCUT2D eigenvalue weighted by atomic mass is 9.93. The van der Waals surface area contributed by atoms with Crippen LogP contribution in [0.1, 0.15) is 29.7 Å². The molecule has 0 atom stereocenters. The van der Waals surface area contributed by atoms with E-state index < -0.39 is 23.1 Å². The zero-order valence-electron chi connectivity index (χ0n) is 21.9. The molecule has 2 aromatic heterocycles. The van der Waals surface area contributed by atoms with Crippen molar-refractivity contribution in [2.24, 2.45) is 0 Å². The zero-order valence-corrected chi connectivity index (χ0v) is 21.9. The van der Waals surface area contributed by atoms with Gasteiger partial charge in [0.15, 0.2) is 5.76 Å². The number of halogens is 3. The second-order valence-electron chi connectivity index (χ2n) is 10.1. The first-order valence-corrected chi connectivity index (χ1v) is 13.0. The molecule has 0 radical (unpaired) electrons. The van der Waals surface area contributed by atoms with E-state index in [1.165, 1.54) is 18.2 Å². The second-order valence-corrected chi connectivity index (χ2v) is 10.1. The number of anilines is 2. The lowest BCUT2D eigenvalue weighted by molar-refractivity contribution is -0.140. The predicted molar refractivity (Wildman–Crippen MR) is 149 cm³/mol. The molecule has 0 amide bonds. The van der Waals surface area contributed by atoms with E-state index in [1.807, 2.05) is 48.5 Å². The molecule has 9 heteroatoms. The Morgan fingerprint density at radius 3 is 2.15 bits per heavy atom. The summed E-state index contributed by atoms with van der Waals surface area (Å²) in [6, 6.07) is 25.4. The van der Waals surface area contributed by atoms with Crippen molar-refractivity contribution in [2.45, 2.75) is 31.4 Å². The number of aliphatic carboxylic acids is 1. The van der Waals surface area contributed by atoms with Crippen LogP contribution in [0.15, 0.2) is 95.5 Å². The summed E-state index contributed by atoms with van der Waals surface area (Å²) in [5.74, 6) is 0.0253. The molecular weight excluding hydrogens is 531 g/mol. The van der Waals surface area contributed by atoms with Gasteiger partial charge in [0.1, 0.15) is 17.2 Å².